The summed E-state index contributed by atoms with van der Waals surface area (Å²) in [6.45, 7) is 4.19. The number of hydrogen-bond donors (Lipinski definition) is 1. The topological polar surface area (TPSA) is 21.3 Å². The highest BCUT2D eigenvalue weighted by molar-refractivity contribution is 6.42. The highest BCUT2D eigenvalue weighted by atomic mass is 28.2. The fraction of sp³-hybridized carbons (Fsp3) is 0.273. The predicted molar refractivity (Wildman–Crippen MR) is 61.2 cm³/mol. The van der Waals surface area contributed by atoms with Crippen LogP contribution in [0.2, 0.25) is 0 Å². The normalized spacial score (nSPS) is 9.57. The lowest BCUT2D eigenvalue weighted by Gasteiger charge is -2.04. The largest absolute Gasteiger partial charge is 0.280 e. The monoisotopic (exact) mass is 205 g/mol. The van der Waals surface area contributed by atoms with Gasteiger partial charge in [0.15, 0.2) is 0 Å². The summed E-state index contributed by atoms with van der Waals surface area (Å²) >= 11 is 0. The Balaban J connectivity index is 2.14. The summed E-state index contributed by atoms with van der Waals surface area (Å²) in [5, 5.41) is 0. The predicted octanol–water partition coefficient (Wildman–Crippen LogP) is 2.62. The Morgan fingerprint density at radius 3 is 2.71 bits per heavy atom. The van der Waals surface area contributed by atoms with E-state index in [0.717, 1.165) is 21.4 Å². The lowest BCUT2D eigenvalue weighted by Crippen LogP contribution is -2.07. The van der Waals surface area contributed by atoms with E-state index < -0.39 is 0 Å². The van der Waals surface area contributed by atoms with Gasteiger partial charge in [0.25, 0.3) is 0 Å². The number of para-hydroxylation sites is 1. The van der Waals surface area contributed by atoms with Crippen molar-refractivity contribution in [1.29, 1.82) is 0 Å². The molecule has 1 N–H and O–H groups in total. The second-order valence-electron chi connectivity index (χ2n) is 3.18. The minimum Gasteiger partial charge on any atom is -0.280 e. The van der Waals surface area contributed by atoms with E-state index in [0.29, 0.717) is 0 Å². The summed E-state index contributed by atoms with van der Waals surface area (Å²) in [5.41, 5.74) is 7.42. The van der Waals surface area contributed by atoms with Crippen LogP contribution >= 0.6 is 0 Å². The molecule has 1 rings (SSSR count). The van der Waals surface area contributed by atoms with Crippen LogP contribution in [-0.4, -0.2) is 15.7 Å². The average molecular weight is 205 g/mol. The van der Waals surface area contributed by atoms with Crippen LogP contribution in [0.5, 0.6) is 0 Å². The van der Waals surface area contributed by atoms with E-state index in [1.54, 1.807) is 0 Å². The first-order valence-corrected chi connectivity index (χ1v) is 5.87. The molecule has 14 heavy (non-hydrogen) atoms. The lowest BCUT2D eigenvalue weighted by molar-refractivity contribution is 0.246. The van der Waals surface area contributed by atoms with Gasteiger partial charge in [-0.2, -0.15) is 0 Å². The average Bonchev–Trinajstić information content (AvgIpc) is 2.18. The Morgan fingerprint density at radius 1 is 1.36 bits per heavy atom. The Kier molecular flexibility index (Phi) is 5.03. The molecule has 0 aliphatic carbocycles. The molecule has 2 radical (unpaired) electrons. The third-order valence-corrected chi connectivity index (χ3v) is 2.60. The lowest BCUT2D eigenvalue weighted by atomic mass is 10.3. The van der Waals surface area contributed by atoms with Gasteiger partial charge in [0.1, 0.15) is 9.52 Å². The molecule has 0 fully saturated rings. The quantitative estimate of drug-likeness (QED) is 0.453. The van der Waals surface area contributed by atoms with E-state index in [9.17, 15) is 0 Å². The Labute approximate surface area is 87.8 Å². The molecular formula is C11H15NOSi. The fourth-order valence-corrected chi connectivity index (χ4v) is 1.56. The minimum absolute atomic E-state index is 0.718. The Morgan fingerprint density at radius 2 is 2.07 bits per heavy atom. The van der Waals surface area contributed by atoms with E-state index in [2.05, 4.69) is 25.0 Å². The summed E-state index contributed by atoms with van der Waals surface area (Å²) < 4.78 is 0. The van der Waals surface area contributed by atoms with E-state index in [4.69, 9.17) is 4.84 Å². The van der Waals surface area contributed by atoms with Crippen LogP contribution in [0.4, 0.5) is 5.69 Å². The van der Waals surface area contributed by atoms with Crippen LogP contribution in [0.3, 0.4) is 0 Å². The number of rotatable bonds is 5. The third kappa shape index (κ3) is 4.84. The van der Waals surface area contributed by atoms with Crippen molar-refractivity contribution in [3.05, 3.63) is 41.6 Å². The maximum atomic E-state index is 5.29. The second-order valence-corrected chi connectivity index (χ2v) is 4.17. The maximum absolute atomic E-state index is 5.29. The minimum atomic E-state index is 0.718. The van der Waals surface area contributed by atoms with Gasteiger partial charge in [-0.15, -0.1) is 0 Å². The van der Waals surface area contributed by atoms with Crippen molar-refractivity contribution in [2.75, 3.05) is 11.7 Å². The number of allylic oxidation sites excluding steroid dienone is 1. The zero-order chi connectivity index (χ0) is 10.2. The maximum Gasteiger partial charge on any atom is 0.108 e. The van der Waals surface area contributed by atoms with Gasteiger partial charge in [-0.1, -0.05) is 29.5 Å². The summed E-state index contributed by atoms with van der Waals surface area (Å²) in [7, 11) is 0.718. The standard InChI is InChI=1S/C11H15NOSi/c1-10(2)8-14-9-13-12-11-6-4-3-5-7-11/h3-8,12H,9H2,1-2H3. The van der Waals surface area contributed by atoms with Crippen molar-refractivity contribution in [3.63, 3.8) is 0 Å². The van der Waals surface area contributed by atoms with E-state index in [1.807, 2.05) is 30.3 Å². The van der Waals surface area contributed by atoms with Crippen molar-refractivity contribution in [3.8, 4) is 0 Å². The number of nitrogens with one attached hydrogen (secondary N) is 1. The molecule has 2 nitrogen and oxygen atoms in total. The van der Waals surface area contributed by atoms with Crippen molar-refractivity contribution in [2.45, 2.75) is 13.8 Å². The smallest absolute Gasteiger partial charge is 0.108 e. The van der Waals surface area contributed by atoms with Crippen molar-refractivity contribution < 1.29 is 4.84 Å². The number of hydrogen-bond acceptors (Lipinski definition) is 2. The first-order valence-electron chi connectivity index (χ1n) is 4.58. The van der Waals surface area contributed by atoms with Crippen molar-refractivity contribution in [1.82, 2.24) is 0 Å². The van der Waals surface area contributed by atoms with Gasteiger partial charge >= 0.3 is 0 Å². The molecule has 0 aromatic heterocycles. The third-order valence-electron chi connectivity index (χ3n) is 1.51. The van der Waals surface area contributed by atoms with Gasteiger partial charge in [-0.25, -0.2) is 0 Å². The molecule has 0 bridgehead atoms. The molecule has 0 amide bonds. The van der Waals surface area contributed by atoms with E-state index in [1.165, 1.54) is 5.57 Å². The van der Waals surface area contributed by atoms with Crippen LogP contribution in [0.15, 0.2) is 41.6 Å². The van der Waals surface area contributed by atoms with Crippen molar-refractivity contribution >= 4 is 15.2 Å². The molecule has 0 aliphatic rings. The number of benzene rings is 1. The highest BCUT2D eigenvalue weighted by Gasteiger charge is 1.89. The summed E-state index contributed by atoms with van der Waals surface area (Å²) in [4.78, 5) is 5.29. The van der Waals surface area contributed by atoms with Gasteiger partial charge in [-0.05, 0) is 26.0 Å². The van der Waals surface area contributed by atoms with Crippen LogP contribution in [0.25, 0.3) is 0 Å². The van der Waals surface area contributed by atoms with E-state index in [-0.39, 0.29) is 0 Å². The number of anilines is 1. The van der Waals surface area contributed by atoms with Crippen LogP contribution < -0.4 is 5.48 Å². The molecule has 0 saturated carbocycles. The second kappa shape index (κ2) is 6.40. The van der Waals surface area contributed by atoms with Crippen LogP contribution in [-0.2, 0) is 4.84 Å². The molecule has 1 aromatic carbocycles. The van der Waals surface area contributed by atoms with Crippen molar-refractivity contribution in [2.24, 2.45) is 0 Å². The molecule has 0 saturated heterocycles. The van der Waals surface area contributed by atoms with Gasteiger partial charge < -0.3 is 0 Å². The molecular weight excluding hydrogens is 190 g/mol. The summed E-state index contributed by atoms with van der Waals surface area (Å²) in [5.74, 6) is 0. The van der Waals surface area contributed by atoms with Gasteiger partial charge in [0.2, 0.25) is 0 Å². The first-order chi connectivity index (χ1) is 6.79. The van der Waals surface area contributed by atoms with Gasteiger partial charge in [0, 0.05) is 0 Å². The van der Waals surface area contributed by atoms with Gasteiger partial charge in [0.05, 0.1) is 11.9 Å². The molecule has 1 aromatic rings. The molecule has 3 heteroatoms. The first kappa shape index (κ1) is 11.0. The Hall–Kier alpha value is -1.06. The SMILES string of the molecule is CC(C)=C[Si]CONc1ccccc1. The molecule has 74 valence electrons. The zero-order valence-electron chi connectivity index (χ0n) is 8.58. The summed E-state index contributed by atoms with van der Waals surface area (Å²) in [6, 6.07) is 9.89. The highest BCUT2D eigenvalue weighted by Crippen LogP contribution is 2.03. The molecule has 0 aliphatic heterocycles. The van der Waals surface area contributed by atoms with Crippen LogP contribution in [0.1, 0.15) is 13.8 Å². The van der Waals surface area contributed by atoms with E-state index >= 15 is 0 Å². The molecule has 0 unspecified atom stereocenters. The molecule has 0 heterocycles. The Bertz CT molecular complexity index is 281. The fourth-order valence-electron chi connectivity index (χ4n) is 0.913. The van der Waals surface area contributed by atoms with Gasteiger partial charge in [-0.3, -0.25) is 10.3 Å². The summed E-state index contributed by atoms with van der Waals surface area (Å²) in [6.07, 6.45) is 0.722. The molecule has 0 atom stereocenters. The molecule has 0 spiro atoms. The van der Waals surface area contributed by atoms with Crippen LogP contribution in [0, 0.1) is 0 Å². The zero-order valence-corrected chi connectivity index (χ0v) is 9.58.